The number of nitrogens with zero attached hydrogens (tertiary/aromatic N) is 2. The van der Waals surface area contributed by atoms with Crippen LogP contribution in [-0.4, -0.2) is 44.2 Å². The highest BCUT2D eigenvalue weighted by atomic mass is 16.5. The maximum atomic E-state index is 12.8. The Morgan fingerprint density at radius 2 is 1.83 bits per heavy atom. The summed E-state index contributed by atoms with van der Waals surface area (Å²) in [5.74, 6) is 0.744. The molecule has 1 heterocycles. The number of anilines is 1. The first-order chi connectivity index (χ1) is 11.7. The van der Waals surface area contributed by atoms with Crippen molar-refractivity contribution in [3.05, 3.63) is 54.0 Å². The first kappa shape index (κ1) is 18.1. The summed E-state index contributed by atoms with van der Waals surface area (Å²) in [5.41, 5.74) is 1.81. The average molecular weight is 330 g/mol. The first-order valence-electron chi connectivity index (χ1n) is 8.35. The van der Waals surface area contributed by atoms with Gasteiger partial charge in [0.05, 0.1) is 19.4 Å². The minimum Gasteiger partial charge on any atom is -0.467 e. The lowest BCUT2D eigenvalue weighted by atomic mass is 10.1. The minimum atomic E-state index is -0.0189. The van der Waals surface area contributed by atoms with Crippen molar-refractivity contribution in [2.24, 2.45) is 0 Å². The van der Waals surface area contributed by atoms with E-state index in [9.17, 15) is 4.79 Å². The monoisotopic (exact) mass is 330 g/mol. The van der Waals surface area contributed by atoms with Crippen molar-refractivity contribution < 1.29 is 13.9 Å². The van der Waals surface area contributed by atoms with E-state index in [0.717, 1.165) is 24.5 Å². The minimum absolute atomic E-state index is 0.0189. The number of benzene rings is 1. The predicted octanol–water partition coefficient (Wildman–Crippen LogP) is 3.41. The van der Waals surface area contributed by atoms with Gasteiger partial charge in [-0.2, -0.15) is 0 Å². The lowest BCUT2D eigenvalue weighted by Gasteiger charge is -2.23. The first-order valence-corrected chi connectivity index (χ1v) is 8.35. The second-order valence-corrected chi connectivity index (χ2v) is 5.52. The second kappa shape index (κ2) is 9.13. The molecule has 0 aliphatic heterocycles. The Bertz CT molecular complexity index is 604. The molecule has 2 rings (SSSR count). The molecule has 0 unspecified atom stereocenters. The molecule has 2 aromatic rings. The molecule has 130 valence electrons. The third-order valence-electron chi connectivity index (χ3n) is 4.02. The van der Waals surface area contributed by atoms with Gasteiger partial charge < -0.3 is 19.0 Å². The molecule has 1 aromatic heterocycles. The summed E-state index contributed by atoms with van der Waals surface area (Å²) in [6.07, 6.45) is 1.62. The Morgan fingerprint density at radius 3 is 2.38 bits per heavy atom. The van der Waals surface area contributed by atoms with Crippen molar-refractivity contribution in [2.45, 2.75) is 20.4 Å². The summed E-state index contributed by atoms with van der Waals surface area (Å²) >= 11 is 0. The molecule has 0 aliphatic rings. The molecule has 0 fully saturated rings. The number of ether oxygens (including phenoxy) is 1. The summed E-state index contributed by atoms with van der Waals surface area (Å²) < 4.78 is 10.5. The third-order valence-corrected chi connectivity index (χ3v) is 4.02. The van der Waals surface area contributed by atoms with Crippen molar-refractivity contribution >= 4 is 11.6 Å². The lowest BCUT2D eigenvalue weighted by molar-refractivity contribution is 0.0666. The van der Waals surface area contributed by atoms with E-state index in [1.54, 1.807) is 18.3 Å². The van der Waals surface area contributed by atoms with E-state index in [1.807, 2.05) is 36.4 Å². The van der Waals surface area contributed by atoms with E-state index >= 15 is 0 Å². The summed E-state index contributed by atoms with van der Waals surface area (Å²) in [4.78, 5) is 16.8. The van der Waals surface area contributed by atoms with Gasteiger partial charge in [-0.1, -0.05) is 0 Å². The standard InChI is InChI=1S/C19H26N2O3/c1-4-20(5-2)17-10-8-16(9-11-17)19(22)21(12-14-23-3)15-18-7-6-13-24-18/h6-11,13H,4-5,12,14-15H2,1-3H3. The van der Waals surface area contributed by atoms with Crippen molar-refractivity contribution in [1.82, 2.24) is 4.90 Å². The van der Waals surface area contributed by atoms with Crippen LogP contribution in [-0.2, 0) is 11.3 Å². The summed E-state index contributed by atoms with van der Waals surface area (Å²) in [6, 6.07) is 11.5. The van der Waals surface area contributed by atoms with Crippen LogP contribution in [0.15, 0.2) is 47.1 Å². The van der Waals surface area contributed by atoms with Crippen LogP contribution in [0.5, 0.6) is 0 Å². The predicted molar refractivity (Wildman–Crippen MR) is 95.3 cm³/mol. The Hall–Kier alpha value is -2.27. The van der Waals surface area contributed by atoms with Gasteiger partial charge in [0.25, 0.3) is 5.91 Å². The number of methoxy groups -OCH3 is 1. The van der Waals surface area contributed by atoms with E-state index in [-0.39, 0.29) is 5.91 Å². The van der Waals surface area contributed by atoms with Crippen LogP contribution in [0.25, 0.3) is 0 Å². The highest BCUT2D eigenvalue weighted by Crippen LogP contribution is 2.17. The van der Waals surface area contributed by atoms with Gasteiger partial charge in [0.2, 0.25) is 0 Å². The number of hydrogen-bond donors (Lipinski definition) is 0. The Morgan fingerprint density at radius 1 is 1.12 bits per heavy atom. The van der Waals surface area contributed by atoms with Crippen molar-refractivity contribution in [2.75, 3.05) is 38.3 Å². The molecule has 0 aliphatic carbocycles. The third kappa shape index (κ3) is 4.61. The van der Waals surface area contributed by atoms with Gasteiger partial charge >= 0.3 is 0 Å². The average Bonchev–Trinajstić information content (AvgIpc) is 3.13. The fourth-order valence-corrected chi connectivity index (χ4v) is 2.63. The molecule has 0 saturated carbocycles. The maximum absolute atomic E-state index is 12.8. The summed E-state index contributed by atoms with van der Waals surface area (Å²) in [6.45, 7) is 7.59. The molecule has 0 spiro atoms. The molecule has 0 bridgehead atoms. The normalized spacial score (nSPS) is 10.6. The second-order valence-electron chi connectivity index (χ2n) is 5.52. The van der Waals surface area contributed by atoms with Crippen LogP contribution >= 0.6 is 0 Å². The number of rotatable bonds is 9. The zero-order valence-corrected chi connectivity index (χ0v) is 14.7. The van der Waals surface area contributed by atoms with Crippen LogP contribution in [0.2, 0.25) is 0 Å². The number of amides is 1. The molecule has 5 heteroatoms. The lowest BCUT2D eigenvalue weighted by Crippen LogP contribution is -2.33. The van der Waals surface area contributed by atoms with Crippen molar-refractivity contribution in [3.63, 3.8) is 0 Å². The highest BCUT2D eigenvalue weighted by molar-refractivity contribution is 5.94. The fraction of sp³-hybridized carbons (Fsp3) is 0.421. The van der Waals surface area contributed by atoms with E-state index in [0.29, 0.717) is 25.3 Å². The van der Waals surface area contributed by atoms with E-state index in [1.165, 1.54) is 0 Å². The maximum Gasteiger partial charge on any atom is 0.254 e. The molecule has 0 N–H and O–H groups in total. The van der Waals surface area contributed by atoms with Crippen molar-refractivity contribution in [3.8, 4) is 0 Å². The molecule has 24 heavy (non-hydrogen) atoms. The van der Waals surface area contributed by atoms with Crippen LogP contribution in [0, 0.1) is 0 Å². The van der Waals surface area contributed by atoms with E-state index in [2.05, 4.69) is 18.7 Å². The van der Waals surface area contributed by atoms with Crippen LogP contribution in [0.4, 0.5) is 5.69 Å². The molecular weight excluding hydrogens is 304 g/mol. The SMILES string of the molecule is CCN(CC)c1ccc(C(=O)N(CCOC)Cc2ccco2)cc1. The van der Waals surface area contributed by atoms with Gasteiger partial charge in [0, 0.05) is 38.0 Å². The van der Waals surface area contributed by atoms with Crippen LogP contribution < -0.4 is 4.90 Å². The molecular formula is C19H26N2O3. The van der Waals surface area contributed by atoms with Gasteiger partial charge in [0.1, 0.15) is 5.76 Å². The quantitative estimate of drug-likeness (QED) is 0.707. The van der Waals surface area contributed by atoms with Gasteiger partial charge in [-0.05, 0) is 50.2 Å². The molecule has 1 amide bonds. The zero-order valence-electron chi connectivity index (χ0n) is 14.7. The zero-order chi connectivity index (χ0) is 17.4. The molecule has 0 radical (unpaired) electrons. The number of carbonyl (C=O) groups is 1. The highest BCUT2D eigenvalue weighted by Gasteiger charge is 2.17. The smallest absolute Gasteiger partial charge is 0.254 e. The molecule has 5 nitrogen and oxygen atoms in total. The topological polar surface area (TPSA) is 45.9 Å². The molecule has 0 saturated heterocycles. The fourth-order valence-electron chi connectivity index (χ4n) is 2.63. The Balaban J connectivity index is 2.12. The van der Waals surface area contributed by atoms with Crippen LogP contribution in [0.1, 0.15) is 30.0 Å². The molecule has 0 atom stereocenters. The Labute approximate surface area is 143 Å². The van der Waals surface area contributed by atoms with Gasteiger partial charge in [-0.15, -0.1) is 0 Å². The Kier molecular flexibility index (Phi) is 6.88. The largest absolute Gasteiger partial charge is 0.467 e. The summed E-state index contributed by atoms with van der Waals surface area (Å²) in [7, 11) is 1.63. The molecule has 1 aromatic carbocycles. The van der Waals surface area contributed by atoms with E-state index < -0.39 is 0 Å². The van der Waals surface area contributed by atoms with Gasteiger partial charge in [-0.3, -0.25) is 4.79 Å². The summed E-state index contributed by atoms with van der Waals surface area (Å²) in [5, 5.41) is 0. The van der Waals surface area contributed by atoms with Crippen molar-refractivity contribution in [1.29, 1.82) is 0 Å². The number of furan rings is 1. The van der Waals surface area contributed by atoms with Gasteiger partial charge in [0.15, 0.2) is 0 Å². The number of carbonyl (C=O) groups excluding carboxylic acids is 1. The number of hydrogen-bond acceptors (Lipinski definition) is 4. The van der Waals surface area contributed by atoms with Crippen LogP contribution in [0.3, 0.4) is 0 Å². The van der Waals surface area contributed by atoms with E-state index in [4.69, 9.17) is 9.15 Å². The van der Waals surface area contributed by atoms with Gasteiger partial charge in [-0.25, -0.2) is 0 Å².